The lowest BCUT2D eigenvalue weighted by molar-refractivity contribution is -0.137. The van der Waals surface area contributed by atoms with Crippen LogP contribution in [0.5, 0.6) is 0 Å². The molecule has 0 unspecified atom stereocenters. The number of hydrogen-bond donors (Lipinski definition) is 1. The van der Waals surface area contributed by atoms with Crippen molar-refractivity contribution in [2.45, 2.75) is 13.1 Å². The second kappa shape index (κ2) is 8.68. The largest absolute Gasteiger partial charge is 0.416 e. The molecule has 0 bridgehead atoms. The van der Waals surface area contributed by atoms with E-state index in [1.54, 1.807) is 47.8 Å². The fraction of sp³-hybridized carbons (Fsp3) is 0.0769. The number of alkyl halides is 3. The van der Waals surface area contributed by atoms with Gasteiger partial charge in [-0.25, -0.2) is 19.9 Å². The zero-order chi connectivity index (χ0) is 24.6. The van der Waals surface area contributed by atoms with E-state index in [2.05, 4.69) is 19.9 Å². The Balaban J connectivity index is 1.86. The number of halogens is 3. The molecule has 2 N–H and O–H groups in total. The molecule has 174 valence electrons. The summed E-state index contributed by atoms with van der Waals surface area (Å²) in [6.45, 7) is 1.89. The van der Waals surface area contributed by atoms with Gasteiger partial charge in [0.05, 0.1) is 16.9 Å². The summed E-state index contributed by atoms with van der Waals surface area (Å²) in [4.78, 5) is 18.8. The molecule has 35 heavy (non-hydrogen) atoms. The topological polar surface area (TPSA) is 80.8 Å². The Morgan fingerprint density at radius 1 is 0.829 bits per heavy atom. The Hall–Kier alpha value is -4.53. The summed E-state index contributed by atoms with van der Waals surface area (Å²) < 4.78 is 41.1. The number of anilines is 4. The Bertz CT molecular complexity index is 1520. The Kier molecular flexibility index (Phi) is 5.52. The van der Waals surface area contributed by atoms with E-state index in [0.29, 0.717) is 39.7 Å². The third kappa shape index (κ3) is 4.12. The average molecular weight is 472 g/mol. The molecule has 3 aromatic heterocycles. The molecule has 3 heterocycles. The lowest BCUT2D eigenvalue weighted by atomic mass is 10.0. The molecule has 0 aliphatic rings. The number of pyridine rings is 2. The second-order valence-electron chi connectivity index (χ2n) is 7.88. The van der Waals surface area contributed by atoms with Gasteiger partial charge in [-0.2, -0.15) is 13.2 Å². The molecular weight excluding hydrogens is 453 g/mol. The summed E-state index contributed by atoms with van der Waals surface area (Å²) in [5, 5.41) is 1.42. The SMILES string of the molecule is Cc1ccc2c(N)nccc2c1N(c1cccc(C(F)(F)F)c1)c1ncccc1-c1ccncn1. The number of nitrogens with zero attached hydrogens (tertiary/aromatic N) is 5. The molecule has 9 heteroatoms. The van der Waals surface area contributed by atoms with E-state index in [4.69, 9.17) is 5.73 Å². The minimum atomic E-state index is -4.51. The van der Waals surface area contributed by atoms with Crippen molar-refractivity contribution < 1.29 is 13.2 Å². The van der Waals surface area contributed by atoms with E-state index >= 15 is 0 Å². The fourth-order valence-electron chi connectivity index (χ4n) is 4.07. The fourth-order valence-corrected chi connectivity index (χ4v) is 4.07. The van der Waals surface area contributed by atoms with Crippen molar-refractivity contribution in [3.63, 3.8) is 0 Å². The van der Waals surface area contributed by atoms with Gasteiger partial charge in [-0.3, -0.25) is 4.90 Å². The van der Waals surface area contributed by atoms with Gasteiger partial charge in [-0.1, -0.05) is 18.2 Å². The summed E-state index contributed by atoms with van der Waals surface area (Å²) in [7, 11) is 0. The molecule has 5 rings (SSSR count). The zero-order valence-electron chi connectivity index (χ0n) is 18.5. The third-order valence-corrected chi connectivity index (χ3v) is 5.66. The molecule has 2 aromatic carbocycles. The first-order valence-electron chi connectivity index (χ1n) is 10.7. The molecule has 0 amide bonds. The van der Waals surface area contributed by atoms with E-state index in [1.807, 2.05) is 25.1 Å². The van der Waals surface area contributed by atoms with Crippen molar-refractivity contribution in [2.24, 2.45) is 0 Å². The molecular formula is C26H19F3N6. The van der Waals surface area contributed by atoms with Crippen LogP contribution in [-0.4, -0.2) is 19.9 Å². The monoisotopic (exact) mass is 472 g/mol. The minimum Gasteiger partial charge on any atom is -0.383 e. The predicted molar refractivity (Wildman–Crippen MR) is 129 cm³/mol. The van der Waals surface area contributed by atoms with Crippen molar-refractivity contribution in [1.29, 1.82) is 0 Å². The van der Waals surface area contributed by atoms with Crippen molar-refractivity contribution in [2.75, 3.05) is 10.6 Å². The van der Waals surface area contributed by atoms with E-state index < -0.39 is 11.7 Å². The average Bonchev–Trinajstić information content (AvgIpc) is 2.86. The number of aromatic nitrogens is 4. The smallest absolute Gasteiger partial charge is 0.383 e. The lowest BCUT2D eigenvalue weighted by Crippen LogP contribution is -2.16. The number of benzene rings is 2. The van der Waals surface area contributed by atoms with Gasteiger partial charge in [-0.15, -0.1) is 0 Å². The maximum Gasteiger partial charge on any atom is 0.416 e. The Morgan fingerprint density at radius 3 is 2.46 bits per heavy atom. The number of aryl methyl sites for hydroxylation is 1. The highest BCUT2D eigenvalue weighted by Crippen LogP contribution is 2.45. The molecule has 0 atom stereocenters. The van der Waals surface area contributed by atoms with Crippen LogP contribution in [0.4, 0.5) is 36.2 Å². The van der Waals surface area contributed by atoms with Gasteiger partial charge in [0, 0.05) is 40.6 Å². The van der Waals surface area contributed by atoms with Gasteiger partial charge in [-0.05, 0) is 55.0 Å². The maximum absolute atomic E-state index is 13.7. The van der Waals surface area contributed by atoms with E-state index in [9.17, 15) is 13.2 Å². The maximum atomic E-state index is 13.7. The van der Waals surface area contributed by atoms with Gasteiger partial charge in [0.2, 0.25) is 0 Å². The highest BCUT2D eigenvalue weighted by Gasteiger charge is 2.32. The normalized spacial score (nSPS) is 11.5. The van der Waals surface area contributed by atoms with Gasteiger partial charge in [0.15, 0.2) is 0 Å². The number of rotatable bonds is 4. The molecule has 0 radical (unpaired) electrons. The van der Waals surface area contributed by atoms with Crippen molar-refractivity contribution >= 4 is 33.8 Å². The Morgan fingerprint density at radius 2 is 1.69 bits per heavy atom. The first kappa shape index (κ1) is 22.3. The van der Waals surface area contributed by atoms with Gasteiger partial charge < -0.3 is 5.73 Å². The van der Waals surface area contributed by atoms with Crippen LogP contribution in [0.25, 0.3) is 22.0 Å². The summed E-state index contributed by atoms with van der Waals surface area (Å²) >= 11 is 0. The van der Waals surface area contributed by atoms with Crippen LogP contribution >= 0.6 is 0 Å². The highest BCUT2D eigenvalue weighted by atomic mass is 19.4. The van der Waals surface area contributed by atoms with Gasteiger partial charge in [0.1, 0.15) is 18.0 Å². The Labute approximate surface area is 198 Å². The van der Waals surface area contributed by atoms with Crippen molar-refractivity contribution in [1.82, 2.24) is 19.9 Å². The number of nitrogens with two attached hydrogens (primary N) is 1. The number of nitrogen functional groups attached to an aromatic ring is 1. The molecule has 0 saturated heterocycles. The highest BCUT2D eigenvalue weighted by molar-refractivity contribution is 6.04. The summed E-state index contributed by atoms with van der Waals surface area (Å²) in [5.41, 5.74) is 8.35. The van der Waals surface area contributed by atoms with Crippen LogP contribution in [0.2, 0.25) is 0 Å². The van der Waals surface area contributed by atoms with Crippen LogP contribution in [0.3, 0.4) is 0 Å². The van der Waals surface area contributed by atoms with Crippen molar-refractivity contribution in [3.8, 4) is 11.3 Å². The van der Waals surface area contributed by atoms with Crippen LogP contribution < -0.4 is 10.6 Å². The van der Waals surface area contributed by atoms with E-state index in [0.717, 1.165) is 23.1 Å². The van der Waals surface area contributed by atoms with Gasteiger partial charge >= 0.3 is 6.18 Å². The molecule has 5 aromatic rings. The summed E-state index contributed by atoms with van der Waals surface area (Å²) in [6, 6.07) is 16.0. The van der Waals surface area contributed by atoms with E-state index in [-0.39, 0.29) is 0 Å². The number of hydrogen-bond acceptors (Lipinski definition) is 6. The minimum absolute atomic E-state index is 0.291. The van der Waals surface area contributed by atoms with Crippen LogP contribution in [0.15, 0.2) is 85.6 Å². The standard InChI is InChI=1S/C26H19F3N6/c1-16-7-8-20-19(9-13-32-24(20)30)23(16)35(18-5-2-4-17(14-18)26(27,28)29)25-21(6-3-11-33-25)22-10-12-31-15-34-22/h2-15H,1H3,(H2,30,32). The molecule has 0 aliphatic heterocycles. The zero-order valence-corrected chi connectivity index (χ0v) is 18.5. The van der Waals surface area contributed by atoms with Gasteiger partial charge in [0.25, 0.3) is 0 Å². The lowest BCUT2D eigenvalue weighted by Gasteiger charge is -2.29. The first-order chi connectivity index (χ1) is 16.8. The molecule has 0 spiro atoms. The van der Waals surface area contributed by atoms with Crippen LogP contribution in [-0.2, 0) is 6.18 Å². The van der Waals surface area contributed by atoms with Crippen LogP contribution in [0, 0.1) is 6.92 Å². The third-order valence-electron chi connectivity index (χ3n) is 5.66. The molecule has 0 fully saturated rings. The number of fused-ring (bicyclic) bond motifs is 1. The van der Waals surface area contributed by atoms with Crippen LogP contribution in [0.1, 0.15) is 11.1 Å². The predicted octanol–water partition coefficient (Wildman–Crippen LogP) is 6.47. The van der Waals surface area contributed by atoms with E-state index in [1.165, 1.54) is 12.4 Å². The molecule has 0 aliphatic carbocycles. The summed E-state index contributed by atoms with van der Waals surface area (Å²) in [5.74, 6) is 0.737. The second-order valence-corrected chi connectivity index (χ2v) is 7.88. The quantitative estimate of drug-likeness (QED) is 0.323. The molecule has 0 saturated carbocycles. The summed E-state index contributed by atoms with van der Waals surface area (Å²) in [6.07, 6.45) is 1.68. The molecule has 6 nitrogen and oxygen atoms in total. The first-order valence-corrected chi connectivity index (χ1v) is 10.7. The van der Waals surface area contributed by atoms with Crippen molar-refractivity contribution in [3.05, 3.63) is 96.7 Å².